The second-order valence-corrected chi connectivity index (χ2v) is 19.2. The van der Waals surface area contributed by atoms with Gasteiger partial charge in [-0.05, 0) is 89.3 Å². The zero-order chi connectivity index (χ0) is 42.5. The number of halogens is 3. The van der Waals surface area contributed by atoms with E-state index in [0.29, 0.717) is 41.7 Å². The zero-order valence-electron chi connectivity index (χ0n) is 33.5. The molecule has 58 heavy (non-hydrogen) atoms. The van der Waals surface area contributed by atoms with Crippen LogP contribution in [0.3, 0.4) is 0 Å². The minimum absolute atomic E-state index is 0.0549. The number of allylic oxidation sites excluding steroid dienone is 1. The molecule has 0 unspecified atom stereocenters. The topological polar surface area (TPSA) is 185 Å². The summed E-state index contributed by atoms with van der Waals surface area (Å²) in [5.41, 5.74) is -4.04. The van der Waals surface area contributed by atoms with Gasteiger partial charge in [-0.3, -0.25) is 24.0 Å². The van der Waals surface area contributed by atoms with Gasteiger partial charge in [0.1, 0.15) is 40.8 Å². The van der Waals surface area contributed by atoms with Crippen molar-refractivity contribution in [2.24, 2.45) is 17.8 Å². The van der Waals surface area contributed by atoms with Crippen molar-refractivity contribution in [1.82, 2.24) is 24.8 Å². The molecule has 2 aromatic rings. The molecule has 0 bridgehead atoms. The van der Waals surface area contributed by atoms with Crippen LogP contribution in [0.1, 0.15) is 86.0 Å². The molecular weight excluding hydrogens is 784 g/mol. The first-order valence-corrected chi connectivity index (χ1v) is 21.1. The summed E-state index contributed by atoms with van der Waals surface area (Å²) in [6.45, 7) is 6.92. The van der Waals surface area contributed by atoms with E-state index in [2.05, 4.69) is 15.0 Å². The highest BCUT2D eigenvalue weighted by molar-refractivity contribution is 7.91. The molecule has 0 spiro atoms. The van der Waals surface area contributed by atoms with E-state index in [0.717, 1.165) is 18.7 Å². The van der Waals surface area contributed by atoms with Crippen LogP contribution >= 0.6 is 0 Å². The summed E-state index contributed by atoms with van der Waals surface area (Å²) in [6.07, 6.45) is 1.13. The van der Waals surface area contributed by atoms with Gasteiger partial charge in [0.05, 0.1) is 30.0 Å². The first-order valence-electron chi connectivity index (χ1n) is 19.6. The van der Waals surface area contributed by atoms with Crippen molar-refractivity contribution in [2.45, 2.75) is 126 Å². The summed E-state index contributed by atoms with van der Waals surface area (Å²) < 4.78 is 83.2. The van der Waals surface area contributed by atoms with E-state index in [1.54, 1.807) is 13.0 Å². The third-order valence-electron chi connectivity index (χ3n) is 12.5. The van der Waals surface area contributed by atoms with E-state index in [4.69, 9.17) is 9.47 Å². The first kappa shape index (κ1) is 43.0. The number of hydrogen-bond acceptors (Lipinski definition) is 9. The molecule has 2 aliphatic carbocycles. The Morgan fingerprint density at radius 1 is 1.19 bits per heavy atom. The van der Waals surface area contributed by atoms with Crippen LogP contribution in [0, 0.1) is 23.6 Å². The molecule has 7 atom stereocenters. The van der Waals surface area contributed by atoms with Crippen LogP contribution in [0.2, 0.25) is 0 Å². The first-order chi connectivity index (χ1) is 27.2. The largest absolute Gasteiger partial charge is 0.494 e. The third-order valence-corrected chi connectivity index (χ3v) is 14.6. The number of nitrogens with one attached hydrogen (secondary N) is 2. The molecular formula is C40H52F3N5O9S. The number of pyridine rings is 1. The number of hydrogen-bond donors (Lipinski definition) is 3. The number of amides is 4. The lowest BCUT2D eigenvalue weighted by atomic mass is 9.82. The number of aromatic nitrogens is 1. The van der Waals surface area contributed by atoms with Crippen molar-refractivity contribution < 1.29 is 55.3 Å². The van der Waals surface area contributed by atoms with Gasteiger partial charge in [-0.25, -0.2) is 31.4 Å². The number of carboxylic acid groups (broad SMARTS) is 1. The second-order valence-electron chi connectivity index (χ2n) is 17.0. The Morgan fingerprint density at radius 2 is 1.90 bits per heavy atom. The quantitative estimate of drug-likeness (QED) is 0.262. The Hall–Kier alpha value is -4.61. The van der Waals surface area contributed by atoms with E-state index in [9.17, 15) is 41.1 Å². The van der Waals surface area contributed by atoms with Crippen LogP contribution < -0.4 is 19.5 Å². The van der Waals surface area contributed by atoms with Gasteiger partial charge >= 0.3 is 6.09 Å². The van der Waals surface area contributed by atoms with Crippen LogP contribution in [0.5, 0.6) is 11.6 Å². The molecule has 0 radical (unpaired) electrons. The Morgan fingerprint density at radius 3 is 2.52 bits per heavy atom. The number of rotatable bonds is 10. The van der Waals surface area contributed by atoms with Crippen LogP contribution in [0.25, 0.3) is 10.8 Å². The van der Waals surface area contributed by atoms with Gasteiger partial charge in [0.25, 0.3) is 12.3 Å². The Kier molecular flexibility index (Phi) is 11.8. The normalized spacial score (nSPS) is 28.8. The molecule has 1 aromatic heterocycles. The smallest absolute Gasteiger partial charge is 0.408 e. The van der Waals surface area contributed by atoms with Crippen LogP contribution in [-0.4, -0.2) is 106 Å². The summed E-state index contributed by atoms with van der Waals surface area (Å²) in [5.74, 6) is -4.50. The van der Waals surface area contributed by atoms with Crippen LogP contribution in [0.4, 0.5) is 18.0 Å². The average Bonchev–Trinajstić information content (AvgIpc) is 4.04. The molecule has 1 aromatic carbocycles. The molecule has 4 amide bonds. The van der Waals surface area contributed by atoms with Gasteiger partial charge in [0.2, 0.25) is 27.7 Å². The Labute approximate surface area is 335 Å². The predicted molar refractivity (Wildman–Crippen MR) is 206 cm³/mol. The van der Waals surface area contributed by atoms with Gasteiger partial charge < -0.3 is 24.8 Å². The van der Waals surface area contributed by atoms with Crippen LogP contribution in [-0.2, 0) is 24.4 Å². The maximum atomic E-state index is 15.1. The molecule has 1 saturated heterocycles. The lowest BCUT2D eigenvalue weighted by molar-refractivity contribution is -0.149. The van der Waals surface area contributed by atoms with Crippen molar-refractivity contribution in [1.29, 1.82) is 0 Å². The number of fused-ring (bicyclic) bond motifs is 3. The van der Waals surface area contributed by atoms with Crippen molar-refractivity contribution in [2.75, 3.05) is 13.7 Å². The minimum atomic E-state index is -4.11. The van der Waals surface area contributed by atoms with Gasteiger partial charge in [-0.1, -0.05) is 32.4 Å². The third kappa shape index (κ3) is 8.04. The monoisotopic (exact) mass is 835 g/mol. The van der Waals surface area contributed by atoms with Gasteiger partial charge in [-0.15, -0.1) is 0 Å². The lowest BCUT2D eigenvalue weighted by Crippen LogP contribution is -2.65. The van der Waals surface area contributed by atoms with E-state index in [-0.39, 0.29) is 49.4 Å². The minimum Gasteiger partial charge on any atom is -0.494 e. The molecule has 3 fully saturated rings. The molecule has 3 heterocycles. The van der Waals surface area contributed by atoms with Gasteiger partial charge in [0, 0.05) is 17.7 Å². The highest BCUT2D eigenvalue weighted by Gasteiger charge is 2.63. The number of carbonyl (C=O) groups excluding carboxylic acids is 3. The number of carbonyl (C=O) groups is 4. The summed E-state index contributed by atoms with van der Waals surface area (Å²) in [6, 6.07) is 0.773. The Bertz CT molecular complexity index is 2100. The number of alkyl halides is 2. The fourth-order valence-electron chi connectivity index (χ4n) is 8.34. The number of methoxy groups -OCH3 is 1. The molecule has 18 heteroatoms. The standard InChI is InChI=1S/C40H52F3N5O9S/c1-7-23-16-22(2)10-8-9-11-24-19-40(24,36(51)46-58(54,55)39(5)14-15-39)45-32(49)29-18-26(57-33-28-17-25(41)12-13-27(28)30(56-6)20-44-33)21-47(29)34(50)31(23)48(37(52)53)38(3,4)35(42)43/h9,11-13,17,20,22-24,26,29,31,35H,7-8,10,14-16,18-19,21H2,1-6H3,(H,45,49)(H,46,51)(H,52,53)/t22-,23+,24+,26+,29-,31-,40+/m0/s1. The summed E-state index contributed by atoms with van der Waals surface area (Å²) >= 11 is 0. The lowest BCUT2D eigenvalue weighted by Gasteiger charge is -2.45. The van der Waals surface area contributed by atoms with Crippen molar-refractivity contribution in [3.05, 3.63) is 42.4 Å². The molecule has 3 N–H and O–H groups in total. The molecule has 14 nitrogen and oxygen atoms in total. The average molecular weight is 836 g/mol. The van der Waals surface area contributed by atoms with E-state index in [1.807, 2.05) is 13.0 Å². The maximum absolute atomic E-state index is 15.1. The molecule has 6 rings (SSSR count). The summed E-state index contributed by atoms with van der Waals surface area (Å²) in [4.78, 5) is 62.7. The predicted octanol–water partition coefficient (Wildman–Crippen LogP) is 5.40. The number of nitrogens with zero attached hydrogens (tertiary/aromatic N) is 3. The number of benzene rings is 1. The maximum Gasteiger partial charge on any atom is 0.408 e. The van der Waals surface area contributed by atoms with E-state index in [1.165, 1.54) is 38.4 Å². The number of sulfonamides is 1. The SMILES string of the molecule is CC[C@@H]1C[C@@H](C)CCC=C[C@@H]2C[C@@]2(C(=O)NS(=O)(=O)C2(C)CC2)NC(=O)[C@@H]2C[C@@H](Oc3ncc(OC)c4ccc(F)cc34)CN2C(=O)[C@H]1N(C(=O)O)C(C)(C)C(F)F. The van der Waals surface area contributed by atoms with Gasteiger partial charge in [-0.2, -0.15) is 0 Å². The summed E-state index contributed by atoms with van der Waals surface area (Å²) in [7, 11) is -2.70. The zero-order valence-corrected chi connectivity index (χ0v) is 34.3. The molecule has 318 valence electrons. The molecule has 2 saturated carbocycles. The van der Waals surface area contributed by atoms with Crippen molar-refractivity contribution >= 4 is 44.6 Å². The molecule has 4 aliphatic rings. The second kappa shape index (κ2) is 15.9. The highest BCUT2D eigenvalue weighted by Crippen LogP contribution is 2.48. The summed E-state index contributed by atoms with van der Waals surface area (Å²) in [5, 5.41) is 14.0. The Balaban J connectivity index is 1.44. The van der Waals surface area contributed by atoms with E-state index >= 15 is 4.79 Å². The number of ether oxygens (including phenoxy) is 2. The fraction of sp³-hybridized carbons (Fsp3) is 0.625. The highest BCUT2D eigenvalue weighted by atomic mass is 32.2. The molecule has 2 aliphatic heterocycles. The van der Waals surface area contributed by atoms with Crippen LogP contribution in [0.15, 0.2) is 36.5 Å². The van der Waals surface area contributed by atoms with Crippen molar-refractivity contribution in [3.8, 4) is 11.6 Å². The van der Waals surface area contributed by atoms with E-state index < -0.39 is 91.9 Å². The van der Waals surface area contributed by atoms with Gasteiger partial charge in [0.15, 0.2) is 0 Å². The fourth-order valence-corrected chi connectivity index (χ4v) is 9.65. The van der Waals surface area contributed by atoms with Crippen molar-refractivity contribution in [3.63, 3.8) is 0 Å².